The maximum atomic E-state index is 5.68. The number of hydrazine groups is 1. The van der Waals surface area contributed by atoms with Gasteiger partial charge in [0.2, 0.25) is 0 Å². The Morgan fingerprint density at radius 2 is 2.53 bits per heavy atom. The van der Waals surface area contributed by atoms with E-state index in [9.17, 15) is 0 Å². The average molecular weight is 223 g/mol. The van der Waals surface area contributed by atoms with Crippen LogP contribution in [0.1, 0.15) is 31.4 Å². The largest absolute Gasteiger partial charge is 0.271 e. The molecule has 1 aromatic rings. The van der Waals surface area contributed by atoms with Crippen LogP contribution < -0.4 is 11.3 Å². The van der Waals surface area contributed by atoms with Crippen LogP contribution in [0.5, 0.6) is 0 Å². The third kappa shape index (κ3) is 2.17. The monoisotopic (exact) mass is 223 g/mol. The quantitative estimate of drug-likeness (QED) is 0.607. The van der Waals surface area contributed by atoms with Crippen molar-refractivity contribution >= 4 is 11.8 Å². The van der Waals surface area contributed by atoms with Crippen molar-refractivity contribution in [3.8, 4) is 0 Å². The lowest BCUT2D eigenvalue weighted by Gasteiger charge is -2.32. The van der Waals surface area contributed by atoms with Gasteiger partial charge in [-0.05, 0) is 37.1 Å². The van der Waals surface area contributed by atoms with Crippen LogP contribution in [0.2, 0.25) is 0 Å². The van der Waals surface area contributed by atoms with E-state index in [1.165, 1.54) is 24.2 Å². The van der Waals surface area contributed by atoms with Crippen molar-refractivity contribution in [1.29, 1.82) is 0 Å². The summed E-state index contributed by atoms with van der Waals surface area (Å²) < 4.78 is 0.206. The molecule has 1 saturated heterocycles. The zero-order valence-electron chi connectivity index (χ0n) is 8.94. The van der Waals surface area contributed by atoms with Gasteiger partial charge in [0.25, 0.3) is 0 Å². The van der Waals surface area contributed by atoms with E-state index < -0.39 is 0 Å². The van der Waals surface area contributed by atoms with Gasteiger partial charge in [0.05, 0.1) is 6.04 Å². The normalized spacial score (nSPS) is 27.9. The van der Waals surface area contributed by atoms with Gasteiger partial charge in [-0.3, -0.25) is 16.3 Å². The van der Waals surface area contributed by atoms with Crippen LogP contribution >= 0.6 is 11.8 Å². The molecule has 0 bridgehead atoms. The maximum absolute atomic E-state index is 5.68. The van der Waals surface area contributed by atoms with Gasteiger partial charge in [0, 0.05) is 17.1 Å². The van der Waals surface area contributed by atoms with Gasteiger partial charge in [-0.25, -0.2) is 0 Å². The molecule has 1 aliphatic heterocycles. The first-order valence-corrected chi connectivity index (χ1v) is 6.25. The zero-order valence-corrected chi connectivity index (χ0v) is 9.76. The lowest BCUT2D eigenvalue weighted by atomic mass is 9.92. The Labute approximate surface area is 94.8 Å². The van der Waals surface area contributed by atoms with Crippen molar-refractivity contribution in [1.82, 2.24) is 10.4 Å². The molecule has 2 unspecified atom stereocenters. The van der Waals surface area contributed by atoms with Crippen molar-refractivity contribution in [3.63, 3.8) is 0 Å². The standard InChI is InChI=1S/C11H17N3S/c1-11(5-3-7-15-11)10(14-12)9-4-2-6-13-8-9/h2,4,6,8,10,14H,3,5,7,12H2,1H3. The summed E-state index contributed by atoms with van der Waals surface area (Å²) in [6.45, 7) is 2.28. The van der Waals surface area contributed by atoms with E-state index in [1.54, 1.807) is 6.20 Å². The van der Waals surface area contributed by atoms with Crippen molar-refractivity contribution < 1.29 is 0 Å². The number of rotatable bonds is 3. The molecule has 0 amide bonds. The summed E-state index contributed by atoms with van der Waals surface area (Å²) in [5.74, 6) is 6.91. The molecule has 82 valence electrons. The van der Waals surface area contributed by atoms with Crippen LogP contribution in [0.3, 0.4) is 0 Å². The highest BCUT2D eigenvalue weighted by atomic mass is 32.2. The Morgan fingerprint density at radius 3 is 3.07 bits per heavy atom. The minimum Gasteiger partial charge on any atom is -0.271 e. The van der Waals surface area contributed by atoms with E-state index in [2.05, 4.69) is 23.4 Å². The molecular formula is C11H17N3S. The summed E-state index contributed by atoms with van der Waals surface area (Å²) in [4.78, 5) is 4.15. The molecule has 2 atom stereocenters. The molecule has 0 saturated carbocycles. The fourth-order valence-corrected chi connectivity index (χ4v) is 3.61. The van der Waals surface area contributed by atoms with Crippen LogP contribution in [-0.4, -0.2) is 15.5 Å². The third-order valence-electron chi connectivity index (χ3n) is 3.04. The SMILES string of the molecule is CC1(C(NN)c2cccnc2)CCCS1. The van der Waals surface area contributed by atoms with Gasteiger partial charge >= 0.3 is 0 Å². The van der Waals surface area contributed by atoms with Crippen LogP contribution in [0.4, 0.5) is 0 Å². The highest BCUT2D eigenvalue weighted by Gasteiger charge is 2.38. The summed E-state index contributed by atoms with van der Waals surface area (Å²) in [7, 11) is 0. The molecule has 2 rings (SSSR count). The fraction of sp³-hybridized carbons (Fsp3) is 0.545. The predicted octanol–water partition coefficient (Wildman–Crippen LogP) is 1.87. The molecule has 4 heteroatoms. The van der Waals surface area contributed by atoms with Crippen molar-refractivity contribution in [2.45, 2.75) is 30.6 Å². The first kappa shape index (κ1) is 10.9. The summed E-state index contributed by atoms with van der Waals surface area (Å²) in [5.41, 5.74) is 4.12. The molecule has 0 aromatic carbocycles. The number of hydrogen-bond donors (Lipinski definition) is 2. The van der Waals surface area contributed by atoms with Gasteiger partial charge in [0.15, 0.2) is 0 Å². The summed E-state index contributed by atoms with van der Waals surface area (Å²) in [6.07, 6.45) is 6.18. The number of pyridine rings is 1. The highest BCUT2D eigenvalue weighted by molar-refractivity contribution is 8.00. The summed E-state index contributed by atoms with van der Waals surface area (Å²) in [5, 5.41) is 0. The van der Waals surface area contributed by atoms with Gasteiger partial charge in [-0.1, -0.05) is 6.07 Å². The third-order valence-corrected chi connectivity index (χ3v) is 4.64. The van der Waals surface area contributed by atoms with Crippen LogP contribution in [-0.2, 0) is 0 Å². The van der Waals surface area contributed by atoms with E-state index in [-0.39, 0.29) is 10.8 Å². The second kappa shape index (κ2) is 4.51. The topological polar surface area (TPSA) is 50.9 Å². The van der Waals surface area contributed by atoms with Gasteiger partial charge in [0.1, 0.15) is 0 Å². The van der Waals surface area contributed by atoms with Crippen molar-refractivity contribution in [2.24, 2.45) is 5.84 Å². The first-order chi connectivity index (χ1) is 7.26. The predicted molar refractivity (Wildman–Crippen MR) is 64.4 cm³/mol. The molecule has 15 heavy (non-hydrogen) atoms. The number of thioether (sulfide) groups is 1. The minimum atomic E-state index is 0.193. The molecule has 1 aliphatic rings. The molecule has 0 aliphatic carbocycles. The number of hydrogen-bond acceptors (Lipinski definition) is 4. The van der Waals surface area contributed by atoms with Crippen LogP contribution in [0.25, 0.3) is 0 Å². The van der Waals surface area contributed by atoms with E-state index in [0.29, 0.717) is 0 Å². The van der Waals surface area contributed by atoms with Gasteiger partial charge < -0.3 is 0 Å². The molecule has 1 aromatic heterocycles. The first-order valence-electron chi connectivity index (χ1n) is 5.26. The zero-order chi connectivity index (χ0) is 10.7. The van der Waals surface area contributed by atoms with Crippen molar-refractivity contribution in [3.05, 3.63) is 30.1 Å². The van der Waals surface area contributed by atoms with E-state index in [4.69, 9.17) is 5.84 Å². The smallest absolute Gasteiger partial charge is 0.0619 e. The van der Waals surface area contributed by atoms with Crippen molar-refractivity contribution in [2.75, 3.05) is 5.75 Å². The number of nitrogens with one attached hydrogen (secondary N) is 1. The van der Waals surface area contributed by atoms with Crippen LogP contribution in [0, 0.1) is 0 Å². The molecule has 0 radical (unpaired) electrons. The Bertz CT molecular complexity index is 309. The Morgan fingerprint density at radius 1 is 1.67 bits per heavy atom. The van der Waals surface area contributed by atoms with E-state index in [0.717, 1.165) is 0 Å². The van der Waals surface area contributed by atoms with E-state index >= 15 is 0 Å². The Kier molecular flexibility index (Phi) is 3.29. The lowest BCUT2D eigenvalue weighted by molar-refractivity contribution is 0.420. The maximum Gasteiger partial charge on any atom is 0.0619 e. The number of nitrogens with zero attached hydrogens (tertiary/aromatic N) is 1. The molecular weight excluding hydrogens is 206 g/mol. The van der Waals surface area contributed by atoms with Gasteiger partial charge in [-0.2, -0.15) is 11.8 Å². The fourth-order valence-electron chi connectivity index (χ4n) is 2.20. The molecule has 3 nitrogen and oxygen atoms in total. The number of aromatic nitrogens is 1. The summed E-state index contributed by atoms with van der Waals surface area (Å²) >= 11 is 2.00. The molecule has 1 fully saturated rings. The molecule has 2 heterocycles. The molecule has 0 spiro atoms. The van der Waals surface area contributed by atoms with E-state index in [1.807, 2.05) is 24.0 Å². The Balaban J connectivity index is 2.24. The average Bonchev–Trinajstić information content (AvgIpc) is 2.68. The second-order valence-corrected chi connectivity index (χ2v) is 5.78. The summed E-state index contributed by atoms with van der Waals surface area (Å²) in [6, 6.07) is 4.24. The lowest BCUT2D eigenvalue weighted by Crippen LogP contribution is -2.41. The molecule has 3 N–H and O–H groups in total. The Hall–Kier alpha value is -0.580. The second-order valence-electron chi connectivity index (χ2n) is 4.15. The minimum absolute atomic E-state index is 0.193. The van der Waals surface area contributed by atoms with Gasteiger partial charge in [-0.15, -0.1) is 0 Å². The number of nitrogens with two attached hydrogens (primary N) is 1. The van der Waals surface area contributed by atoms with Crippen LogP contribution in [0.15, 0.2) is 24.5 Å². The highest BCUT2D eigenvalue weighted by Crippen LogP contribution is 2.45.